The van der Waals surface area contributed by atoms with Crippen molar-refractivity contribution in [1.29, 1.82) is 5.26 Å². The van der Waals surface area contributed by atoms with E-state index >= 15 is 0 Å². The molecule has 0 aliphatic carbocycles. The number of ether oxygens (including phenoxy) is 3. The molecule has 158 valence electrons. The van der Waals surface area contributed by atoms with Crippen LogP contribution in [0.25, 0.3) is 0 Å². The lowest BCUT2D eigenvalue weighted by molar-refractivity contribution is -0.120. The minimum absolute atomic E-state index is 0.0938. The monoisotopic (exact) mass is 429 g/mol. The maximum Gasteiger partial charge on any atom is 0.356 e. The number of carbonyl (C=O) groups excluding carboxylic acids is 2. The first kappa shape index (κ1) is 23.0. The fourth-order valence-electron chi connectivity index (χ4n) is 2.48. The molecule has 0 fully saturated rings. The van der Waals surface area contributed by atoms with Crippen molar-refractivity contribution in [3.8, 4) is 17.6 Å². The van der Waals surface area contributed by atoms with E-state index in [4.69, 9.17) is 14.2 Å². The van der Waals surface area contributed by atoms with E-state index in [-0.39, 0.29) is 23.8 Å². The summed E-state index contributed by atoms with van der Waals surface area (Å²) in [5, 5.41) is 11.9. The van der Waals surface area contributed by atoms with E-state index in [9.17, 15) is 14.9 Å². The smallest absolute Gasteiger partial charge is 0.356 e. The highest BCUT2D eigenvalue weighted by atomic mass is 32.2. The van der Waals surface area contributed by atoms with Gasteiger partial charge in [-0.05, 0) is 43.7 Å². The third-order valence-electron chi connectivity index (χ3n) is 4.04. The van der Waals surface area contributed by atoms with E-state index in [1.165, 1.54) is 12.1 Å². The number of amides is 1. The molecular formula is C21H23N3O5S. The SMILES string of the molecule is CCOC(=O)c1ccc(C#N)c(S[C@@H](C)C(=O)NCc2ccc(OC)c(OC)c2)n1. The molecule has 0 spiro atoms. The van der Waals surface area contributed by atoms with Gasteiger partial charge in [-0.1, -0.05) is 17.8 Å². The average Bonchev–Trinajstić information content (AvgIpc) is 2.77. The molecule has 0 bridgehead atoms. The molecule has 9 heteroatoms. The van der Waals surface area contributed by atoms with E-state index in [1.54, 1.807) is 40.2 Å². The van der Waals surface area contributed by atoms with Gasteiger partial charge in [-0.3, -0.25) is 4.79 Å². The number of nitriles is 1. The summed E-state index contributed by atoms with van der Waals surface area (Å²) in [6.45, 7) is 3.92. The number of carbonyl (C=O) groups is 2. The predicted octanol–water partition coefficient (Wildman–Crippen LogP) is 2.94. The molecular weight excluding hydrogens is 406 g/mol. The van der Waals surface area contributed by atoms with Gasteiger partial charge in [0.15, 0.2) is 11.5 Å². The molecule has 1 atom stereocenters. The Kier molecular flexibility index (Phi) is 8.50. The van der Waals surface area contributed by atoms with Crippen LogP contribution >= 0.6 is 11.8 Å². The first-order valence-corrected chi connectivity index (χ1v) is 10.0. The van der Waals surface area contributed by atoms with Crippen LogP contribution in [0, 0.1) is 11.3 Å². The molecule has 0 saturated carbocycles. The molecule has 2 rings (SSSR count). The topological polar surface area (TPSA) is 111 Å². The second-order valence-electron chi connectivity index (χ2n) is 6.05. The number of esters is 1. The van der Waals surface area contributed by atoms with Crippen LogP contribution in [-0.2, 0) is 16.1 Å². The minimum Gasteiger partial charge on any atom is -0.493 e. The molecule has 0 radical (unpaired) electrons. The van der Waals surface area contributed by atoms with Crippen LogP contribution in [0.1, 0.15) is 35.5 Å². The van der Waals surface area contributed by atoms with Crippen LogP contribution in [0.4, 0.5) is 0 Å². The summed E-state index contributed by atoms with van der Waals surface area (Å²) in [6.07, 6.45) is 0. The molecule has 1 amide bonds. The van der Waals surface area contributed by atoms with Crippen molar-refractivity contribution in [1.82, 2.24) is 10.3 Å². The zero-order chi connectivity index (χ0) is 22.1. The van der Waals surface area contributed by atoms with Gasteiger partial charge in [0.2, 0.25) is 5.91 Å². The Morgan fingerprint density at radius 3 is 2.57 bits per heavy atom. The van der Waals surface area contributed by atoms with Gasteiger partial charge in [0, 0.05) is 6.54 Å². The molecule has 0 aliphatic heterocycles. The zero-order valence-corrected chi connectivity index (χ0v) is 18.0. The summed E-state index contributed by atoms with van der Waals surface area (Å²) in [4.78, 5) is 28.6. The van der Waals surface area contributed by atoms with Crippen molar-refractivity contribution in [2.24, 2.45) is 0 Å². The van der Waals surface area contributed by atoms with Crippen LogP contribution in [0.15, 0.2) is 35.4 Å². The highest BCUT2D eigenvalue weighted by Crippen LogP contribution is 2.28. The van der Waals surface area contributed by atoms with Crippen molar-refractivity contribution in [2.75, 3.05) is 20.8 Å². The van der Waals surface area contributed by atoms with Gasteiger partial charge in [-0.25, -0.2) is 9.78 Å². The third kappa shape index (κ3) is 5.87. The molecule has 8 nitrogen and oxygen atoms in total. The summed E-state index contributed by atoms with van der Waals surface area (Å²) in [7, 11) is 3.10. The fraction of sp³-hybridized carbons (Fsp3) is 0.333. The molecule has 1 heterocycles. The van der Waals surface area contributed by atoms with Crippen molar-refractivity contribution >= 4 is 23.6 Å². The normalized spacial score (nSPS) is 11.2. The molecule has 0 unspecified atom stereocenters. The summed E-state index contributed by atoms with van der Waals surface area (Å²) < 4.78 is 15.4. The lowest BCUT2D eigenvalue weighted by Gasteiger charge is -2.14. The molecule has 1 aromatic heterocycles. The lowest BCUT2D eigenvalue weighted by atomic mass is 10.2. The minimum atomic E-state index is -0.575. The molecule has 2 aromatic rings. The Morgan fingerprint density at radius 1 is 1.20 bits per heavy atom. The number of hydrogen-bond acceptors (Lipinski definition) is 8. The number of pyridine rings is 1. The van der Waals surface area contributed by atoms with Crippen molar-refractivity contribution in [2.45, 2.75) is 30.7 Å². The third-order valence-corrected chi connectivity index (χ3v) is 5.14. The van der Waals surface area contributed by atoms with Gasteiger partial charge in [0.25, 0.3) is 0 Å². The van der Waals surface area contributed by atoms with Crippen molar-refractivity contribution in [3.05, 3.63) is 47.2 Å². The zero-order valence-electron chi connectivity index (χ0n) is 17.2. The predicted molar refractivity (Wildman–Crippen MR) is 112 cm³/mol. The lowest BCUT2D eigenvalue weighted by Crippen LogP contribution is -2.30. The molecule has 30 heavy (non-hydrogen) atoms. The number of benzene rings is 1. The van der Waals surface area contributed by atoms with Crippen LogP contribution < -0.4 is 14.8 Å². The maximum absolute atomic E-state index is 12.5. The summed E-state index contributed by atoms with van der Waals surface area (Å²) >= 11 is 1.10. The summed E-state index contributed by atoms with van der Waals surface area (Å²) in [5.41, 5.74) is 1.22. The van der Waals surface area contributed by atoms with Crippen LogP contribution in [0.5, 0.6) is 11.5 Å². The second-order valence-corrected chi connectivity index (χ2v) is 7.38. The molecule has 1 N–H and O–H groups in total. The van der Waals surface area contributed by atoms with Crippen molar-refractivity contribution < 1.29 is 23.8 Å². The fourth-order valence-corrected chi connectivity index (χ4v) is 3.40. The van der Waals surface area contributed by atoms with Gasteiger partial charge in [-0.2, -0.15) is 5.26 Å². The van der Waals surface area contributed by atoms with Gasteiger partial charge in [0.05, 0.1) is 31.6 Å². The average molecular weight is 429 g/mol. The van der Waals surface area contributed by atoms with Crippen LogP contribution in [0.3, 0.4) is 0 Å². The number of hydrogen-bond donors (Lipinski definition) is 1. The van der Waals surface area contributed by atoms with E-state index in [2.05, 4.69) is 10.3 Å². The quantitative estimate of drug-likeness (QED) is 0.478. The van der Waals surface area contributed by atoms with E-state index in [1.807, 2.05) is 12.1 Å². The first-order chi connectivity index (χ1) is 14.4. The molecule has 0 aliphatic rings. The van der Waals surface area contributed by atoms with E-state index < -0.39 is 11.2 Å². The standard InChI is InChI=1S/C21H23N3O5S/c1-5-29-21(26)16-8-7-15(11-22)20(24-16)30-13(2)19(25)23-12-14-6-9-17(27-3)18(10-14)28-4/h6-10,13H,5,12H2,1-4H3,(H,23,25)/t13-/m0/s1. The number of rotatable bonds is 9. The Morgan fingerprint density at radius 2 is 1.93 bits per heavy atom. The van der Waals surface area contributed by atoms with Gasteiger partial charge >= 0.3 is 5.97 Å². The van der Waals surface area contributed by atoms with Crippen molar-refractivity contribution in [3.63, 3.8) is 0 Å². The Bertz CT molecular complexity index is 958. The number of nitrogens with one attached hydrogen (secondary N) is 1. The Balaban J connectivity index is 2.06. The van der Waals surface area contributed by atoms with Crippen LogP contribution in [-0.4, -0.2) is 42.9 Å². The molecule has 1 aromatic carbocycles. The summed E-state index contributed by atoms with van der Waals surface area (Å²) in [5.74, 6) is 0.370. The second kappa shape index (κ2) is 11.1. The number of nitrogens with zero attached hydrogens (tertiary/aromatic N) is 2. The Hall–Kier alpha value is -3.25. The summed E-state index contributed by atoms with van der Waals surface area (Å²) in [6, 6.07) is 10.3. The molecule has 0 saturated heterocycles. The number of aromatic nitrogens is 1. The van der Waals surface area contributed by atoms with Crippen LogP contribution in [0.2, 0.25) is 0 Å². The Labute approximate surface area is 179 Å². The van der Waals surface area contributed by atoms with Gasteiger partial charge in [-0.15, -0.1) is 0 Å². The number of thioether (sulfide) groups is 1. The number of methoxy groups -OCH3 is 2. The van der Waals surface area contributed by atoms with Gasteiger partial charge < -0.3 is 19.5 Å². The highest BCUT2D eigenvalue weighted by molar-refractivity contribution is 8.00. The van der Waals surface area contributed by atoms with E-state index in [0.717, 1.165) is 17.3 Å². The van der Waals surface area contributed by atoms with Gasteiger partial charge in [0.1, 0.15) is 16.8 Å². The van der Waals surface area contributed by atoms with E-state index in [0.29, 0.717) is 23.1 Å². The highest BCUT2D eigenvalue weighted by Gasteiger charge is 2.19. The first-order valence-electron chi connectivity index (χ1n) is 9.17. The largest absolute Gasteiger partial charge is 0.493 e. The maximum atomic E-state index is 12.5.